The maximum absolute atomic E-state index is 6.08. The van der Waals surface area contributed by atoms with Gasteiger partial charge < -0.3 is 15.4 Å². The Morgan fingerprint density at radius 1 is 1.15 bits per heavy atom. The Balaban J connectivity index is 1.67. The Morgan fingerprint density at radius 3 is 2.73 bits per heavy atom. The van der Waals surface area contributed by atoms with Crippen molar-refractivity contribution in [3.8, 4) is 11.5 Å². The molecule has 0 bridgehead atoms. The summed E-state index contributed by atoms with van der Waals surface area (Å²) < 4.78 is 6.08. The molecule has 1 unspecified atom stereocenters. The van der Waals surface area contributed by atoms with Crippen LogP contribution < -0.4 is 15.4 Å². The molecule has 1 aromatic heterocycles. The van der Waals surface area contributed by atoms with Gasteiger partial charge in [-0.2, -0.15) is 0 Å². The minimum absolute atomic E-state index is 0.0524. The number of nitrogens with zero attached hydrogens (tertiary/aromatic N) is 2. The molecule has 2 heterocycles. The van der Waals surface area contributed by atoms with Gasteiger partial charge >= 0.3 is 0 Å². The molecule has 134 valence electrons. The van der Waals surface area contributed by atoms with Gasteiger partial charge in [-0.1, -0.05) is 25.1 Å². The topological polar surface area (TPSA) is 51.4 Å². The molecule has 26 heavy (non-hydrogen) atoms. The summed E-state index contributed by atoms with van der Waals surface area (Å²) in [6, 6.07) is 14.6. The summed E-state index contributed by atoms with van der Waals surface area (Å²) in [6.07, 6.45) is 3.69. The van der Waals surface area contributed by atoms with E-state index in [1.54, 1.807) is 11.3 Å². The van der Waals surface area contributed by atoms with E-state index in [1.165, 1.54) is 5.56 Å². The SMILES string of the molecule is CN1c2ccccc2Oc2ccc(CC(C)(CCN)c3nccs3)cc21. The fourth-order valence-electron chi connectivity index (χ4n) is 3.65. The molecule has 0 amide bonds. The number of nitrogens with two attached hydrogens (primary N) is 1. The molecule has 0 saturated carbocycles. The van der Waals surface area contributed by atoms with Gasteiger partial charge in [-0.25, -0.2) is 4.98 Å². The number of fused-ring (bicyclic) bond motifs is 2. The third-order valence-electron chi connectivity index (χ3n) is 5.07. The molecule has 4 nitrogen and oxygen atoms in total. The van der Waals surface area contributed by atoms with Crippen LogP contribution in [-0.4, -0.2) is 18.6 Å². The standard InChI is InChI=1S/C21H23N3OS/c1-21(9-10-22,20-23-11-12-26-20)14-15-7-8-19-17(13-15)24(2)16-5-3-4-6-18(16)25-19/h3-8,11-13H,9-10,14,22H2,1-2H3. The lowest BCUT2D eigenvalue weighted by Crippen LogP contribution is -2.28. The fourth-order valence-corrected chi connectivity index (χ4v) is 4.48. The lowest BCUT2D eigenvalue weighted by Gasteiger charge is -2.31. The Kier molecular flexibility index (Phi) is 4.42. The summed E-state index contributed by atoms with van der Waals surface area (Å²) in [4.78, 5) is 6.76. The summed E-state index contributed by atoms with van der Waals surface area (Å²) >= 11 is 1.71. The van der Waals surface area contributed by atoms with Crippen molar-refractivity contribution in [3.63, 3.8) is 0 Å². The number of hydrogen-bond donors (Lipinski definition) is 1. The Hall–Kier alpha value is -2.37. The fraction of sp³-hybridized carbons (Fsp3) is 0.286. The van der Waals surface area contributed by atoms with Gasteiger partial charge in [0.05, 0.1) is 16.4 Å². The zero-order chi connectivity index (χ0) is 18.1. The zero-order valence-electron chi connectivity index (χ0n) is 15.1. The average molecular weight is 366 g/mol. The monoisotopic (exact) mass is 365 g/mol. The summed E-state index contributed by atoms with van der Waals surface area (Å²) in [6.45, 7) is 2.91. The Bertz CT molecular complexity index is 909. The van der Waals surface area contributed by atoms with Gasteiger partial charge in [0.1, 0.15) is 0 Å². The van der Waals surface area contributed by atoms with Crippen molar-refractivity contribution < 1.29 is 4.74 Å². The van der Waals surface area contributed by atoms with Gasteiger partial charge in [0.2, 0.25) is 0 Å². The van der Waals surface area contributed by atoms with Gasteiger partial charge in [0.15, 0.2) is 11.5 Å². The minimum Gasteiger partial charge on any atom is -0.453 e. The van der Waals surface area contributed by atoms with Crippen LogP contribution >= 0.6 is 11.3 Å². The predicted octanol–water partition coefficient (Wildman–Crippen LogP) is 4.87. The third-order valence-corrected chi connectivity index (χ3v) is 6.15. The van der Waals surface area contributed by atoms with Crippen molar-refractivity contribution in [1.29, 1.82) is 0 Å². The van der Waals surface area contributed by atoms with Crippen LogP contribution in [0.3, 0.4) is 0 Å². The molecule has 1 aliphatic rings. The number of ether oxygens (including phenoxy) is 1. The van der Waals surface area contributed by atoms with Gasteiger partial charge in [-0.3, -0.25) is 0 Å². The highest BCUT2D eigenvalue weighted by Gasteiger charge is 2.30. The molecule has 0 fully saturated rings. The summed E-state index contributed by atoms with van der Waals surface area (Å²) in [5.74, 6) is 1.79. The Labute approximate surface area is 158 Å². The summed E-state index contributed by atoms with van der Waals surface area (Å²) in [5.41, 5.74) is 9.30. The second-order valence-corrected chi connectivity index (χ2v) is 7.94. The van der Waals surface area contributed by atoms with Gasteiger partial charge in [-0.15, -0.1) is 11.3 Å². The van der Waals surface area contributed by atoms with E-state index in [2.05, 4.69) is 48.1 Å². The molecule has 3 aromatic rings. The van der Waals surface area contributed by atoms with E-state index >= 15 is 0 Å². The smallest absolute Gasteiger partial charge is 0.151 e. The maximum Gasteiger partial charge on any atom is 0.151 e. The number of hydrogen-bond acceptors (Lipinski definition) is 5. The first kappa shape index (κ1) is 17.1. The van der Waals surface area contributed by atoms with Gasteiger partial charge in [0, 0.05) is 24.0 Å². The van der Waals surface area contributed by atoms with E-state index in [1.807, 2.05) is 29.8 Å². The van der Waals surface area contributed by atoms with E-state index in [0.717, 1.165) is 40.7 Å². The molecule has 1 atom stereocenters. The molecule has 0 spiro atoms. The van der Waals surface area contributed by atoms with Gasteiger partial charge in [0.25, 0.3) is 0 Å². The van der Waals surface area contributed by atoms with Crippen molar-refractivity contribution in [2.45, 2.75) is 25.2 Å². The lowest BCUT2D eigenvalue weighted by molar-refractivity contribution is 0.434. The molecule has 1 aliphatic heterocycles. The molecule has 4 rings (SSSR count). The second kappa shape index (κ2) is 6.74. The minimum atomic E-state index is -0.0524. The molecule has 0 saturated heterocycles. The first-order chi connectivity index (χ1) is 12.6. The molecular weight excluding hydrogens is 342 g/mol. The lowest BCUT2D eigenvalue weighted by atomic mass is 9.81. The number of aromatic nitrogens is 1. The number of rotatable bonds is 5. The predicted molar refractivity (Wildman–Crippen MR) is 108 cm³/mol. The molecule has 0 aliphatic carbocycles. The van der Waals surface area contributed by atoms with Crippen LogP contribution in [0.15, 0.2) is 54.0 Å². The maximum atomic E-state index is 6.08. The van der Waals surface area contributed by atoms with E-state index in [-0.39, 0.29) is 5.41 Å². The highest BCUT2D eigenvalue weighted by atomic mass is 32.1. The molecule has 2 N–H and O–H groups in total. The summed E-state index contributed by atoms with van der Waals surface area (Å²) in [5, 5.41) is 3.19. The first-order valence-electron chi connectivity index (χ1n) is 8.84. The molecular formula is C21H23N3OS. The van der Waals surface area contributed by atoms with Crippen LogP contribution in [0.5, 0.6) is 11.5 Å². The molecule has 5 heteroatoms. The van der Waals surface area contributed by atoms with E-state index in [0.29, 0.717) is 6.54 Å². The van der Waals surface area contributed by atoms with Crippen LogP contribution in [-0.2, 0) is 11.8 Å². The van der Waals surface area contributed by atoms with Crippen LogP contribution in [0.1, 0.15) is 23.9 Å². The highest BCUT2D eigenvalue weighted by molar-refractivity contribution is 7.09. The summed E-state index contributed by atoms with van der Waals surface area (Å²) in [7, 11) is 2.09. The first-order valence-corrected chi connectivity index (χ1v) is 9.72. The van der Waals surface area contributed by atoms with Crippen molar-refractivity contribution in [2.75, 3.05) is 18.5 Å². The molecule has 2 aromatic carbocycles. The number of thiazole rings is 1. The van der Waals surface area contributed by atoms with Crippen LogP contribution in [0.4, 0.5) is 11.4 Å². The van der Waals surface area contributed by atoms with E-state index in [9.17, 15) is 0 Å². The van der Waals surface area contributed by atoms with Crippen LogP contribution in [0.25, 0.3) is 0 Å². The van der Waals surface area contributed by atoms with Crippen molar-refractivity contribution in [3.05, 3.63) is 64.6 Å². The van der Waals surface area contributed by atoms with Crippen LogP contribution in [0, 0.1) is 0 Å². The van der Waals surface area contributed by atoms with E-state index in [4.69, 9.17) is 10.5 Å². The normalized spacial score (nSPS) is 15.0. The van der Waals surface area contributed by atoms with Crippen molar-refractivity contribution >= 4 is 22.7 Å². The Morgan fingerprint density at radius 2 is 1.96 bits per heavy atom. The van der Waals surface area contributed by atoms with Crippen LogP contribution in [0.2, 0.25) is 0 Å². The van der Waals surface area contributed by atoms with E-state index < -0.39 is 0 Å². The van der Waals surface area contributed by atoms with Gasteiger partial charge in [-0.05, 0) is 49.2 Å². The average Bonchev–Trinajstić information content (AvgIpc) is 3.18. The van der Waals surface area contributed by atoms with Crippen molar-refractivity contribution in [1.82, 2.24) is 4.98 Å². The number of anilines is 2. The zero-order valence-corrected chi connectivity index (χ0v) is 15.9. The number of para-hydroxylation sites is 2. The molecule has 0 radical (unpaired) electrons. The highest BCUT2D eigenvalue weighted by Crippen LogP contribution is 2.46. The van der Waals surface area contributed by atoms with Crippen molar-refractivity contribution in [2.24, 2.45) is 5.73 Å². The largest absolute Gasteiger partial charge is 0.453 e. The number of benzene rings is 2. The third kappa shape index (κ3) is 2.97. The quantitative estimate of drug-likeness (QED) is 0.701. The second-order valence-electron chi connectivity index (χ2n) is 7.04.